The lowest BCUT2D eigenvalue weighted by molar-refractivity contribution is 0.332. The van der Waals surface area contributed by atoms with Gasteiger partial charge in [0.1, 0.15) is 17.8 Å². The fourth-order valence-electron chi connectivity index (χ4n) is 4.41. The molecule has 5 heterocycles. The van der Waals surface area contributed by atoms with Gasteiger partial charge in [0, 0.05) is 48.6 Å². The number of nitrogens with one attached hydrogen (secondary N) is 1. The molecule has 1 aliphatic rings. The van der Waals surface area contributed by atoms with Crippen molar-refractivity contribution in [1.29, 1.82) is 5.26 Å². The molecule has 0 spiro atoms. The largest absolute Gasteiger partial charge is 0.356 e. The lowest BCUT2D eigenvalue weighted by atomic mass is 9.96. The minimum Gasteiger partial charge on any atom is -0.356 e. The second-order valence-electron chi connectivity index (χ2n) is 8.20. The first-order valence-electron chi connectivity index (χ1n) is 10.6. The van der Waals surface area contributed by atoms with E-state index in [1.807, 2.05) is 29.2 Å². The average molecular weight is 463 g/mol. The Kier molecular flexibility index (Phi) is 5.30. The molecule has 0 bridgehead atoms. The van der Waals surface area contributed by atoms with E-state index in [2.05, 4.69) is 36.0 Å². The third-order valence-corrected chi connectivity index (χ3v) is 7.04. The quantitative estimate of drug-likeness (QED) is 0.462. The highest BCUT2D eigenvalue weighted by Crippen LogP contribution is 2.34. The number of anilines is 1. The number of fused-ring (bicyclic) bond motifs is 1. The van der Waals surface area contributed by atoms with E-state index in [4.69, 9.17) is 0 Å². The van der Waals surface area contributed by atoms with Gasteiger partial charge in [0.15, 0.2) is 14.9 Å². The standard InChI is InChI=1S/C22H22N8O2S/c1-33(31,32)20-4-2-3-19(28-20)29-10-7-15(12-29)18(5-8-23)30-13-16(11-27-30)21-17-6-9-24-22(17)26-14-25-21/h2-4,6,9,11,13-15,18H,5,7,10,12H2,1H3,(H,24,25,26). The van der Waals surface area contributed by atoms with Gasteiger partial charge in [0.2, 0.25) is 0 Å². The highest BCUT2D eigenvalue weighted by Gasteiger charge is 2.32. The first-order chi connectivity index (χ1) is 15.9. The van der Waals surface area contributed by atoms with Crippen molar-refractivity contribution in [3.05, 3.63) is 49.2 Å². The predicted molar refractivity (Wildman–Crippen MR) is 122 cm³/mol. The first-order valence-corrected chi connectivity index (χ1v) is 12.4. The van der Waals surface area contributed by atoms with E-state index < -0.39 is 9.84 Å². The number of aromatic amines is 1. The third kappa shape index (κ3) is 4.05. The number of hydrogen-bond donors (Lipinski definition) is 1. The Hall–Kier alpha value is -3.78. The zero-order valence-corrected chi connectivity index (χ0v) is 18.8. The van der Waals surface area contributed by atoms with Gasteiger partial charge in [0.05, 0.1) is 30.4 Å². The van der Waals surface area contributed by atoms with Gasteiger partial charge in [0.25, 0.3) is 0 Å². The van der Waals surface area contributed by atoms with Gasteiger partial charge in [-0.15, -0.1) is 0 Å². The molecule has 1 N–H and O–H groups in total. The fraction of sp³-hybridized carbons (Fsp3) is 0.318. The van der Waals surface area contributed by atoms with Gasteiger partial charge in [-0.2, -0.15) is 10.4 Å². The van der Waals surface area contributed by atoms with Crippen molar-refractivity contribution in [3.8, 4) is 17.3 Å². The van der Waals surface area contributed by atoms with Gasteiger partial charge < -0.3 is 9.88 Å². The van der Waals surface area contributed by atoms with E-state index in [-0.39, 0.29) is 17.0 Å². The Morgan fingerprint density at radius 1 is 1.30 bits per heavy atom. The summed E-state index contributed by atoms with van der Waals surface area (Å²) in [5.74, 6) is 0.798. The Balaban J connectivity index is 1.40. The molecule has 33 heavy (non-hydrogen) atoms. The van der Waals surface area contributed by atoms with Crippen LogP contribution in [0.1, 0.15) is 18.9 Å². The molecule has 2 unspecified atom stereocenters. The van der Waals surface area contributed by atoms with E-state index in [0.717, 1.165) is 41.5 Å². The Labute approximate surface area is 190 Å². The van der Waals surface area contributed by atoms with E-state index >= 15 is 0 Å². The Bertz CT molecular complexity index is 1450. The third-order valence-electron chi connectivity index (χ3n) is 6.05. The second-order valence-corrected chi connectivity index (χ2v) is 10.2. The Morgan fingerprint density at radius 2 is 2.18 bits per heavy atom. The number of rotatable bonds is 6. The van der Waals surface area contributed by atoms with Gasteiger partial charge in [-0.05, 0) is 24.6 Å². The average Bonchev–Trinajstić information content (AvgIpc) is 3.57. The molecule has 0 amide bonds. The minimum absolute atomic E-state index is 0.0645. The number of hydrogen-bond acceptors (Lipinski definition) is 8. The zero-order valence-electron chi connectivity index (χ0n) is 18.0. The van der Waals surface area contributed by atoms with Crippen molar-refractivity contribution >= 4 is 26.7 Å². The molecule has 1 saturated heterocycles. The fourth-order valence-corrected chi connectivity index (χ4v) is 4.99. The van der Waals surface area contributed by atoms with Crippen LogP contribution in [-0.2, 0) is 9.84 Å². The molecular formula is C22H22N8O2S. The predicted octanol–water partition coefficient (Wildman–Crippen LogP) is 2.60. The molecule has 4 aromatic heterocycles. The molecule has 0 aromatic carbocycles. The summed E-state index contributed by atoms with van der Waals surface area (Å²) in [6, 6.07) is 9.15. The number of nitriles is 1. The van der Waals surface area contributed by atoms with Gasteiger partial charge in [-0.1, -0.05) is 6.07 Å². The van der Waals surface area contributed by atoms with Gasteiger partial charge >= 0.3 is 0 Å². The van der Waals surface area contributed by atoms with E-state index in [1.54, 1.807) is 12.3 Å². The van der Waals surface area contributed by atoms with Crippen LogP contribution in [-0.4, -0.2) is 57.5 Å². The first kappa shape index (κ1) is 21.1. The number of sulfone groups is 1. The summed E-state index contributed by atoms with van der Waals surface area (Å²) in [4.78, 5) is 18.2. The molecule has 0 radical (unpaired) electrons. The molecule has 168 valence electrons. The highest BCUT2D eigenvalue weighted by atomic mass is 32.2. The van der Waals surface area contributed by atoms with Crippen LogP contribution >= 0.6 is 0 Å². The molecule has 4 aromatic rings. The topological polar surface area (TPSA) is 133 Å². The van der Waals surface area contributed by atoms with Crippen molar-refractivity contribution in [2.45, 2.75) is 23.9 Å². The number of pyridine rings is 1. The van der Waals surface area contributed by atoms with Crippen molar-refractivity contribution in [2.75, 3.05) is 24.2 Å². The summed E-state index contributed by atoms with van der Waals surface area (Å²) in [5.41, 5.74) is 2.41. The maximum absolute atomic E-state index is 11.9. The number of nitrogens with zero attached hydrogens (tertiary/aromatic N) is 7. The summed E-state index contributed by atoms with van der Waals surface area (Å²) in [7, 11) is -3.38. The molecule has 2 atom stereocenters. The smallest absolute Gasteiger partial charge is 0.192 e. The van der Waals surface area contributed by atoms with E-state index in [1.165, 1.54) is 12.4 Å². The molecule has 11 heteroatoms. The summed E-state index contributed by atoms with van der Waals surface area (Å²) >= 11 is 0. The SMILES string of the molecule is CS(=O)(=O)c1cccc(N2CCC(C(CC#N)n3cc(-c4ncnc5[nH]ccc45)cn3)C2)n1. The summed E-state index contributed by atoms with van der Waals surface area (Å²) in [5, 5.41) is 15.0. The number of H-pyrrole nitrogens is 1. The summed E-state index contributed by atoms with van der Waals surface area (Å²) < 4.78 is 25.6. The van der Waals surface area contributed by atoms with Crippen LogP contribution in [0.25, 0.3) is 22.3 Å². The lowest BCUT2D eigenvalue weighted by Gasteiger charge is -2.23. The summed E-state index contributed by atoms with van der Waals surface area (Å²) in [6.07, 6.45) is 9.37. The highest BCUT2D eigenvalue weighted by molar-refractivity contribution is 7.90. The van der Waals surface area contributed by atoms with Crippen LogP contribution < -0.4 is 4.90 Å². The van der Waals surface area contributed by atoms with Crippen LogP contribution in [0.15, 0.2) is 54.2 Å². The molecule has 1 aliphatic heterocycles. The van der Waals surface area contributed by atoms with Crippen LogP contribution in [0.4, 0.5) is 5.82 Å². The maximum atomic E-state index is 11.9. The number of aromatic nitrogens is 6. The van der Waals surface area contributed by atoms with Crippen molar-refractivity contribution in [2.24, 2.45) is 5.92 Å². The summed E-state index contributed by atoms with van der Waals surface area (Å²) in [6.45, 7) is 1.40. The van der Waals surface area contributed by atoms with Crippen LogP contribution in [0.5, 0.6) is 0 Å². The zero-order chi connectivity index (χ0) is 23.0. The van der Waals surface area contributed by atoms with Crippen molar-refractivity contribution < 1.29 is 8.42 Å². The molecule has 5 rings (SSSR count). The van der Waals surface area contributed by atoms with Crippen LogP contribution in [0.3, 0.4) is 0 Å². The maximum Gasteiger partial charge on any atom is 0.192 e. The molecule has 0 aliphatic carbocycles. The van der Waals surface area contributed by atoms with Gasteiger partial charge in [-0.25, -0.2) is 23.4 Å². The molecule has 10 nitrogen and oxygen atoms in total. The van der Waals surface area contributed by atoms with Crippen LogP contribution in [0, 0.1) is 17.2 Å². The molecular weight excluding hydrogens is 440 g/mol. The van der Waals surface area contributed by atoms with E-state index in [0.29, 0.717) is 18.8 Å². The van der Waals surface area contributed by atoms with Crippen LogP contribution in [0.2, 0.25) is 0 Å². The van der Waals surface area contributed by atoms with Crippen molar-refractivity contribution in [1.82, 2.24) is 29.7 Å². The van der Waals surface area contributed by atoms with E-state index in [9.17, 15) is 13.7 Å². The van der Waals surface area contributed by atoms with Gasteiger partial charge in [-0.3, -0.25) is 4.68 Å². The molecule has 1 fully saturated rings. The lowest BCUT2D eigenvalue weighted by Crippen LogP contribution is -2.25. The van der Waals surface area contributed by atoms with Crippen molar-refractivity contribution in [3.63, 3.8) is 0 Å². The second kappa shape index (κ2) is 8.29. The minimum atomic E-state index is -3.38. The Morgan fingerprint density at radius 3 is 3.00 bits per heavy atom. The monoisotopic (exact) mass is 462 g/mol. The normalized spacial score (nSPS) is 17.3. The molecule has 0 saturated carbocycles.